The molecule has 1 fully saturated rings. The topological polar surface area (TPSA) is 120 Å². The molecule has 0 radical (unpaired) electrons. The van der Waals surface area contributed by atoms with E-state index in [9.17, 15) is 18.0 Å². The summed E-state index contributed by atoms with van der Waals surface area (Å²) in [5.74, 6) is -1.60. The molecule has 1 saturated heterocycles. The number of carbonyl (C=O) groups is 1. The number of hydrogen-bond acceptors (Lipinski definition) is 9. The molecule has 0 N–H and O–H groups in total. The van der Waals surface area contributed by atoms with E-state index in [4.69, 9.17) is 9.26 Å². The van der Waals surface area contributed by atoms with Crippen LogP contribution in [0.4, 0.5) is 18.9 Å². The average molecular weight is 458 g/mol. The quantitative estimate of drug-likeness (QED) is 0.453. The van der Waals surface area contributed by atoms with E-state index in [0.29, 0.717) is 11.4 Å². The minimum atomic E-state index is -4.74. The number of alkyl halides is 3. The molecule has 33 heavy (non-hydrogen) atoms. The number of aromatic nitrogens is 5. The number of nitrogens with zero attached hydrogens (tertiary/aromatic N) is 6. The van der Waals surface area contributed by atoms with Crippen LogP contribution >= 0.6 is 0 Å². The summed E-state index contributed by atoms with van der Waals surface area (Å²) in [6.45, 7) is -0.0452. The molecule has 10 nitrogen and oxygen atoms in total. The molecule has 13 heteroatoms. The van der Waals surface area contributed by atoms with Gasteiger partial charge in [-0.05, 0) is 36.4 Å². The Bertz CT molecular complexity index is 1270. The summed E-state index contributed by atoms with van der Waals surface area (Å²) in [5, 5.41) is 7.29. The Kier molecular flexibility index (Phi) is 5.09. The summed E-state index contributed by atoms with van der Waals surface area (Å²) in [6, 6.07) is 10.6. The Morgan fingerprint density at radius 1 is 0.970 bits per heavy atom. The Morgan fingerprint density at radius 2 is 1.76 bits per heavy atom. The van der Waals surface area contributed by atoms with Crippen molar-refractivity contribution in [2.45, 2.75) is 12.2 Å². The monoisotopic (exact) mass is 458 g/mol. The molecule has 4 heterocycles. The van der Waals surface area contributed by atoms with E-state index in [1.54, 1.807) is 36.5 Å². The van der Waals surface area contributed by atoms with Crippen molar-refractivity contribution in [3.05, 3.63) is 60.4 Å². The van der Waals surface area contributed by atoms with Crippen LogP contribution in [0.5, 0.6) is 0 Å². The molecule has 1 unspecified atom stereocenters. The first-order chi connectivity index (χ1) is 15.9. The molecule has 0 spiro atoms. The number of benzene rings is 1. The summed E-state index contributed by atoms with van der Waals surface area (Å²) in [7, 11) is 0. The first-order valence-electron chi connectivity index (χ1n) is 9.56. The standard InChI is InChI=1S/C20H13F3N6O4/c21-20(22,23)19-26-16(27-33-19)11-4-6-12(7-5-11)29-14(9-31-10-15(29)30)18-25-17(28-32-18)13-3-1-2-8-24-13/h1-8,14H,9-10H2. The summed E-state index contributed by atoms with van der Waals surface area (Å²) in [5.41, 5.74) is 1.24. The van der Waals surface area contributed by atoms with Crippen molar-refractivity contribution >= 4 is 11.6 Å². The fourth-order valence-electron chi connectivity index (χ4n) is 3.28. The predicted octanol–water partition coefficient (Wildman–Crippen LogP) is 3.30. The van der Waals surface area contributed by atoms with E-state index < -0.39 is 18.1 Å². The van der Waals surface area contributed by atoms with Crippen molar-refractivity contribution in [1.29, 1.82) is 0 Å². The van der Waals surface area contributed by atoms with Crippen LogP contribution in [0.3, 0.4) is 0 Å². The number of amides is 1. The van der Waals surface area contributed by atoms with Crippen molar-refractivity contribution < 1.29 is 31.7 Å². The van der Waals surface area contributed by atoms with E-state index in [-0.39, 0.29) is 42.2 Å². The first-order valence-corrected chi connectivity index (χ1v) is 9.56. The van der Waals surface area contributed by atoms with Crippen molar-refractivity contribution in [2.75, 3.05) is 18.1 Å². The van der Waals surface area contributed by atoms with Crippen LogP contribution in [0.1, 0.15) is 17.8 Å². The van der Waals surface area contributed by atoms with Crippen molar-refractivity contribution in [3.63, 3.8) is 0 Å². The second-order valence-corrected chi connectivity index (χ2v) is 6.93. The SMILES string of the molecule is O=C1COCC(c2nc(-c3ccccn3)no2)N1c1ccc(-c2noc(C(F)(F)F)n2)cc1. The number of carbonyl (C=O) groups excluding carboxylic acids is 1. The van der Waals surface area contributed by atoms with Gasteiger partial charge in [-0.1, -0.05) is 16.4 Å². The average Bonchev–Trinajstić information content (AvgIpc) is 3.50. The maximum atomic E-state index is 12.7. The Hall–Kier alpha value is -4.13. The lowest BCUT2D eigenvalue weighted by Crippen LogP contribution is -2.44. The molecule has 1 aliphatic rings. The molecule has 1 amide bonds. The van der Waals surface area contributed by atoms with Gasteiger partial charge in [-0.3, -0.25) is 14.7 Å². The van der Waals surface area contributed by atoms with Crippen molar-refractivity contribution in [1.82, 2.24) is 25.3 Å². The molecular formula is C20H13F3N6O4. The van der Waals surface area contributed by atoms with Gasteiger partial charge in [0.1, 0.15) is 18.3 Å². The summed E-state index contributed by atoms with van der Waals surface area (Å²) >= 11 is 0. The zero-order valence-corrected chi connectivity index (χ0v) is 16.6. The summed E-state index contributed by atoms with van der Waals surface area (Å²) in [6.07, 6.45) is -3.15. The molecule has 1 aromatic carbocycles. The lowest BCUT2D eigenvalue weighted by molar-refractivity contribution is -0.159. The summed E-state index contributed by atoms with van der Waals surface area (Å²) in [4.78, 5) is 26.0. The van der Waals surface area contributed by atoms with E-state index >= 15 is 0 Å². The highest BCUT2D eigenvalue weighted by Crippen LogP contribution is 2.33. The van der Waals surface area contributed by atoms with Gasteiger partial charge in [0, 0.05) is 17.4 Å². The van der Waals surface area contributed by atoms with Gasteiger partial charge in [0.15, 0.2) is 0 Å². The highest BCUT2D eigenvalue weighted by Gasteiger charge is 2.39. The molecule has 4 aromatic rings. The van der Waals surface area contributed by atoms with Crippen LogP contribution < -0.4 is 4.90 Å². The van der Waals surface area contributed by atoms with Crippen LogP contribution in [-0.2, 0) is 15.7 Å². The van der Waals surface area contributed by atoms with Gasteiger partial charge in [-0.25, -0.2) is 0 Å². The minimum absolute atomic E-state index is 0.108. The van der Waals surface area contributed by atoms with Crippen LogP contribution in [-0.4, -0.2) is 44.4 Å². The fraction of sp³-hybridized carbons (Fsp3) is 0.200. The largest absolute Gasteiger partial charge is 0.471 e. The molecular weight excluding hydrogens is 445 g/mol. The third kappa shape index (κ3) is 4.05. The maximum Gasteiger partial charge on any atom is 0.471 e. The van der Waals surface area contributed by atoms with Gasteiger partial charge < -0.3 is 13.8 Å². The van der Waals surface area contributed by atoms with Gasteiger partial charge in [-0.2, -0.15) is 23.1 Å². The highest BCUT2D eigenvalue weighted by molar-refractivity contribution is 5.95. The van der Waals surface area contributed by atoms with Gasteiger partial charge in [-0.15, -0.1) is 0 Å². The van der Waals surface area contributed by atoms with E-state index in [1.165, 1.54) is 17.0 Å². The number of hydrogen-bond donors (Lipinski definition) is 0. The van der Waals surface area contributed by atoms with E-state index in [1.807, 2.05) is 0 Å². The number of rotatable bonds is 4. The van der Waals surface area contributed by atoms with E-state index in [2.05, 4.69) is 29.8 Å². The third-order valence-corrected chi connectivity index (χ3v) is 4.77. The number of ether oxygens (including phenoxy) is 1. The molecule has 0 bridgehead atoms. The van der Waals surface area contributed by atoms with Crippen LogP contribution in [0.25, 0.3) is 22.9 Å². The predicted molar refractivity (Wildman–Crippen MR) is 103 cm³/mol. The zero-order valence-electron chi connectivity index (χ0n) is 16.6. The van der Waals surface area contributed by atoms with Gasteiger partial charge in [0.2, 0.25) is 11.6 Å². The van der Waals surface area contributed by atoms with Gasteiger partial charge in [0.25, 0.3) is 11.8 Å². The highest BCUT2D eigenvalue weighted by atomic mass is 19.4. The second-order valence-electron chi connectivity index (χ2n) is 6.93. The molecule has 1 aliphatic heterocycles. The number of pyridine rings is 1. The Balaban J connectivity index is 1.42. The molecule has 0 aliphatic carbocycles. The zero-order chi connectivity index (χ0) is 23.0. The van der Waals surface area contributed by atoms with Gasteiger partial charge >= 0.3 is 12.1 Å². The van der Waals surface area contributed by atoms with E-state index in [0.717, 1.165) is 0 Å². The second kappa shape index (κ2) is 8.09. The lowest BCUT2D eigenvalue weighted by Gasteiger charge is -2.33. The molecule has 0 saturated carbocycles. The van der Waals surface area contributed by atoms with Crippen molar-refractivity contribution in [3.8, 4) is 22.9 Å². The number of halogens is 3. The smallest absolute Gasteiger partial charge is 0.369 e. The van der Waals surface area contributed by atoms with Crippen LogP contribution in [0, 0.1) is 0 Å². The third-order valence-electron chi connectivity index (χ3n) is 4.77. The Morgan fingerprint density at radius 3 is 2.45 bits per heavy atom. The van der Waals surface area contributed by atoms with Crippen LogP contribution in [0.2, 0.25) is 0 Å². The summed E-state index contributed by atoms with van der Waals surface area (Å²) < 4.78 is 53.1. The fourth-order valence-corrected chi connectivity index (χ4v) is 3.28. The van der Waals surface area contributed by atoms with Crippen molar-refractivity contribution in [2.24, 2.45) is 0 Å². The Labute approximate surface area is 183 Å². The maximum absolute atomic E-state index is 12.7. The molecule has 5 rings (SSSR count). The molecule has 1 atom stereocenters. The molecule has 3 aromatic heterocycles. The minimum Gasteiger partial charge on any atom is -0.369 e. The van der Waals surface area contributed by atoms with Crippen LogP contribution in [0.15, 0.2) is 57.7 Å². The first kappa shape index (κ1) is 20.8. The number of morpholine rings is 1. The van der Waals surface area contributed by atoms with Gasteiger partial charge in [0.05, 0.1) is 6.61 Å². The molecule has 168 valence electrons. The number of anilines is 1. The normalized spacial score (nSPS) is 16.9. The lowest BCUT2D eigenvalue weighted by atomic mass is 10.1.